The first-order valence-electron chi connectivity index (χ1n) is 23.0. The number of amidine groups is 1. The molecule has 6 atom stereocenters. The average molecular weight is 954 g/mol. The lowest BCUT2D eigenvalue weighted by molar-refractivity contribution is -1.01. The zero-order valence-corrected chi connectivity index (χ0v) is 42.2. The molecule has 0 aliphatic carbocycles. The van der Waals surface area contributed by atoms with Crippen LogP contribution in [0.5, 0.6) is 0 Å². The van der Waals surface area contributed by atoms with Crippen LogP contribution in [0.2, 0.25) is 23.2 Å². The maximum atomic E-state index is 14.8. The largest absolute Gasteiger partial charge is 0.754 e. The Morgan fingerprint density at radius 1 is 0.879 bits per heavy atom. The molecule has 350 valence electrons. The van der Waals surface area contributed by atoms with Crippen LogP contribution in [0.25, 0.3) is 11.2 Å². The van der Waals surface area contributed by atoms with Crippen molar-refractivity contribution in [2.45, 2.75) is 121 Å². The zero-order chi connectivity index (χ0) is 47.0. The van der Waals surface area contributed by atoms with Gasteiger partial charge in [-0.3, -0.25) is 9.36 Å². The highest BCUT2D eigenvalue weighted by Crippen LogP contribution is 2.52. The lowest BCUT2D eigenvalue weighted by atomic mass is 10.1. The topological polar surface area (TPSA) is 169 Å². The number of hydrogen-bond acceptors (Lipinski definition) is 12. The van der Waals surface area contributed by atoms with E-state index in [4.69, 9.17) is 27.7 Å². The van der Waals surface area contributed by atoms with Gasteiger partial charge in [0.05, 0.1) is 24.1 Å². The Morgan fingerprint density at radius 2 is 1.52 bits per heavy atom. The Morgan fingerprint density at radius 3 is 2.15 bits per heavy atom. The second kappa shape index (κ2) is 18.9. The Hall–Kier alpha value is -4.40. The van der Waals surface area contributed by atoms with E-state index in [1.165, 1.54) is 17.2 Å². The van der Waals surface area contributed by atoms with Crippen molar-refractivity contribution >= 4 is 64.0 Å². The van der Waals surface area contributed by atoms with Crippen LogP contribution in [-0.4, -0.2) is 102 Å². The third-order valence-corrected chi connectivity index (χ3v) is 24.0. The summed E-state index contributed by atoms with van der Waals surface area (Å²) >= 11 is 0. The number of aromatic nitrogens is 4. The summed E-state index contributed by atoms with van der Waals surface area (Å²) < 4.78 is 51.2. The highest BCUT2D eigenvalue weighted by molar-refractivity contribution is 7.33. The van der Waals surface area contributed by atoms with Gasteiger partial charge in [0.2, 0.25) is 5.84 Å². The molecular weight excluding hydrogens is 890 g/mol. The molecule has 2 N–H and O–H groups in total. The molecule has 66 heavy (non-hydrogen) atoms. The summed E-state index contributed by atoms with van der Waals surface area (Å²) in [7, 11) is -9.06. The van der Waals surface area contributed by atoms with E-state index in [2.05, 4.69) is 99.2 Å². The number of quaternary nitrogens is 1. The van der Waals surface area contributed by atoms with Crippen molar-refractivity contribution in [2.24, 2.45) is 4.99 Å². The molecule has 15 nitrogen and oxygen atoms in total. The second-order valence-corrected chi connectivity index (χ2v) is 30.0. The number of carbonyl (C=O) groups is 1. The fraction of sp³-hybridized carbons (Fsp3) is 0.479. The Bertz CT molecular complexity index is 2500. The predicted octanol–water partition coefficient (Wildman–Crippen LogP) is 8.43. The van der Waals surface area contributed by atoms with E-state index in [9.17, 15) is 14.5 Å². The quantitative estimate of drug-likeness (QED) is 0.0475. The van der Waals surface area contributed by atoms with Crippen LogP contribution < -0.4 is 15.7 Å². The van der Waals surface area contributed by atoms with Crippen molar-refractivity contribution < 1.29 is 41.8 Å². The molecule has 0 radical (unpaired) electrons. The molecule has 0 saturated carbocycles. The average Bonchev–Trinajstić information content (AvgIpc) is 3.73. The molecule has 2 aromatic heterocycles. The van der Waals surface area contributed by atoms with Gasteiger partial charge in [-0.2, -0.15) is 0 Å². The first-order valence-corrected chi connectivity index (χ1v) is 28.9. The summed E-state index contributed by atoms with van der Waals surface area (Å²) in [5.74, 6) is -1.88. The third kappa shape index (κ3) is 9.27. The van der Waals surface area contributed by atoms with Gasteiger partial charge in [0, 0.05) is 29.4 Å². The summed E-state index contributed by atoms with van der Waals surface area (Å²) in [6.45, 7) is 18.9. The van der Waals surface area contributed by atoms with Gasteiger partial charge in [-0.05, 0) is 58.5 Å². The molecule has 3 aliphatic heterocycles. The fourth-order valence-electron chi connectivity index (χ4n) is 9.27. The zero-order valence-electron chi connectivity index (χ0n) is 39.3. The highest BCUT2D eigenvalue weighted by Gasteiger charge is 2.68. The number of aliphatic hydroxyl groups is 1. The minimum atomic E-state index is -3.18. The molecule has 3 aromatic carbocycles. The van der Waals surface area contributed by atoms with Gasteiger partial charge in [0.25, 0.3) is 20.0 Å². The number of nitrogens with one attached hydrogen (secondary N) is 1. The number of hydroxylamine groups is 3. The molecule has 8 rings (SSSR count). The molecule has 2 saturated heterocycles. The number of aliphatic imine (C=N–C) groups is 1. The normalized spacial score (nSPS) is 24.3. The monoisotopic (exact) mass is 953 g/mol. The number of fused-ring (bicyclic) bond motifs is 2. The number of nitrogens with zero attached hydrogens (tertiary/aromatic N) is 6. The Labute approximate surface area is 390 Å². The van der Waals surface area contributed by atoms with Crippen molar-refractivity contribution in [3.05, 3.63) is 109 Å². The van der Waals surface area contributed by atoms with Crippen LogP contribution in [0, 0.1) is 0 Å². The van der Waals surface area contributed by atoms with E-state index < -0.39 is 49.1 Å². The number of ether oxygens (including phenoxy) is 1. The minimum Gasteiger partial charge on any atom is -0.406 e. The first kappa shape index (κ1) is 48.1. The van der Waals surface area contributed by atoms with Crippen molar-refractivity contribution in [3.8, 4) is 0 Å². The summed E-state index contributed by atoms with van der Waals surface area (Å²) in [5.41, 5.74) is 0.886. The maximum Gasteiger partial charge on any atom is 0.754 e. The summed E-state index contributed by atoms with van der Waals surface area (Å²) in [4.78, 5) is 31.9. The smallest absolute Gasteiger partial charge is 0.406 e. The van der Waals surface area contributed by atoms with Gasteiger partial charge >= 0.3 is 8.25 Å². The number of benzene rings is 3. The summed E-state index contributed by atoms with van der Waals surface area (Å²) in [6, 6.07) is 29.4. The Kier molecular flexibility index (Phi) is 13.8. The van der Waals surface area contributed by atoms with Gasteiger partial charge in [0.1, 0.15) is 31.6 Å². The van der Waals surface area contributed by atoms with Crippen LogP contribution >= 0.6 is 8.25 Å². The van der Waals surface area contributed by atoms with Gasteiger partial charge in [-0.15, -0.1) is 0 Å². The van der Waals surface area contributed by atoms with Gasteiger partial charge in [-0.1, -0.05) is 130 Å². The molecule has 3 aliphatic rings. The van der Waals surface area contributed by atoms with Crippen LogP contribution in [0.15, 0.2) is 109 Å². The van der Waals surface area contributed by atoms with Gasteiger partial charge < -0.3 is 24.0 Å². The molecule has 1 amide bonds. The summed E-state index contributed by atoms with van der Waals surface area (Å²) in [6.07, 6.45) is 3.33. The second-order valence-electron chi connectivity index (χ2n) is 20.1. The van der Waals surface area contributed by atoms with Crippen molar-refractivity contribution in [2.75, 3.05) is 31.6 Å². The highest BCUT2D eigenvalue weighted by atomic mass is 31.1. The molecule has 2 fully saturated rings. The lowest BCUT2D eigenvalue weighted by Crippen LogP contribution is -2.67. The van der Waals surface area contributed by atoms with E-state index in [0.29, 0.717) is 25.2 Å². The molecule has 4 unspecified atom stereocenters. The number of anilines is 1. The van der Waals surface area contributed by atoms with E-state index in [1.807, 2.05) is 42.5 Å². The maximum absolute atomic E-state index is 14.8. The number of amides is 1. The minimum absolute atomic E-state index is 0.0172. The van der Waals surface area contributed by atoms with Crippen LogP contribution in [0.4, 0.5) is 5.82 Å². The van der Waals surface area contributed by atoms with Crippen LogP contribution in [-0.2, 0) is 27.3 Å². The van der Waals surface area contributed by atoms with E-state index in [0.717, 1.165) is 48.3 Å². The van der Waals surface area contributed by atoms with Crippen molar-refractivity contribution in [3.63, 3.8) is 0 Å². The summed E-state index contributed by atoms with van der Waals surface area (Å²) in [5, 5.41) is 17.9. The molecule has 5 aromatic rings. The third-order valence-electron chi connectivity index (χ3n) is 13.7. The number of carbonyl (C=O) groups excluding carboxylic acids is 1. The molecule has 18 heteroatoms. The number of hydrogen-bond donors (Lipinski definition) is 2. The van der Waals surface area contributed by atoms with Crippen molar-refractivity contribution in [1.82, 2.24) is 19.5 Å². The molecular formula is C48H64N7O8PSi2+2. The standard InChI is InChI=1S/C48H63N7O8PSi2/c1-46(2,3)65(7,8)61-41-38(32-59-66(47(4,5)6,36-24-15-10-16-25-36)37-26-17-11-18-27-37)60-45(48(41,57)62-64(58)63-55-30-20-12-19-28-39(55)49-29-21-31-55)54-34-52-40-42(50-33-51-43(40)54)53-44(56)35-22-13-9-14-23-35/h9-11,13-18,22-27,33-34,38,41,45,57H,12,19-21,28-32H2,1-8H3/q+1/p+1/t38-,41?,45-,48?,55?/m1/s1. The predicted molar refractivity (Wildman–Crippen MR) is 259 cm³/mol. The first-order chi connectivity index (χ1) is 31.4. The SMILES string of the molecule is CC(C)(C)[Si](C)(C)OC1[C@@H](CO[Si](c2ccccc2)(c2ccccc2)C(C)(C)C)O[C@@H](n2cnc3c(NC(=O)c4ccccc4)ncnc32)C1(O)O[P+](=O)O[N+]12CCCCCC1=NCCC2. The number of imidazole rings is 1. The number of rotatable bonds is 14. The molecule has 0 spiro atoms. The molecule has 5 heterocycles. The van der Waals surface area contributed by atoms with E-state index >= 15 is 0 Å². The fourth-order valence-corrected chi connectivity index (χ4v) is 16.1. The Balaban J connectivity index is 1.25. The van der Waals surface area contributed by atoms with E-state index in [-0.39, 0.29) is 44.2 Å². The van der Waals surface area contributed by atoms with Crippen LogP contribution in [0.3, 0.4) is 0 Å². The van der Waals surface area contributed by atoms with Gasteiger partial charge in [0.15, 0.2) is 31.5 Å². The van der Waals surface area contributed by atoms with E-state index in [1.54, 1.807) is 24.3 Å². The molecule has 0 bridgehead atoms. The van der Waals surface area contributed by atoms with Gasteiger partial charge in [-0.25, -0.2) is 19.9 Å². The van der Waals surface area contributed by atoms with Crippen LogP contribution in [0.1, 0.15) is 90.2 Å². The van der Waals surface area contributed by atoms with Crippen molar-refractivity contribution in [1.29, 1.82) is 0 Å². The lowest BCUT2D eigenvalue weighted by Gasteiger charge is -2.44.